The number of aliphatic hydroxyl groups excluding tert-OH is 1. The first-order valence-electron chi connectivity index (χ1n) is 6.34. The van der Waals surface area contributed by atoms with E-state index in [1.807, 2.05) is 32.9 Å². The lowest BCUT2D eigenvalue weighted by atomic mass is 9.95. The van der Waals surface area contributed by atoms with Crippen LogP contribution in [0.15, 0.2) is 18.2 Å². The number of aryl methyl sites for hydroxylation is 1. The van der Waals surface area contributed by atoms with Crippen LogP contribution >= 0.6 is 0 Å². The van der Waals surface area contributed by atoms with Gasteiger partial charge in [-0.15, -0.1) is 0 Å². The molecule has 2 atom stereocenters. The van der Waals surface area contributed by atoms with E-state index in [1.165, 1.54) is 0 Å². The minimum atomic E-state index is -0.523. The van der Waals surface area contributed by atoms with Crippen LogP contribution in [-0.4, -0.2) is 31.5 Å². The van der Waals surface area contributed by atoms with E-state index in [0.717, 1.165) is 16.9 Å². The van der Waals surface area contributed by atoms with E-state index in [2.05, 4.69) is 6.07 Å². The van der Waals surface area contributed by atoms with Crippen LogP contribution in [0, 0.1) is 12.8 Å². The normalized spacial score (nSPS) is 14.6. The molecule has 0 aliphatic carbocycles. The molecule has 18 heavy (non-hydrogen) atoms. The van der Waals surface area contributed by atoms with Gasteiger partial charge < -0.3 is 14.6 Å². The number of rotatable bonds is 6. The Balaban J connectivity index is 2.86. The molecule has 0 heterocycles. The third kappa shape index (κ3) is 3.72. The summed E-state index contributed by atoms with van der Waals surface area (Å²) in [6.45, 7) is 6.13. The molecule has 1 aromatic carbocycles. The molecule has 0 bridgehead atoms. The van der Waals surface area contributed by atoms with Crippen LogP contribution < -0.4 is 4.74 Å². The predicted octanol–water partition coefficient (Wildman–Crippen LogP) is 2.58. The summed E-state index contributed by atoms with van der Waals surface area (Å²) in [4.78, 5) is 0. The number of benzene rings is 1. The van der Waals surface area contributed by atoms with Gasteiger partial charge in [0.05, 0.1) is 19.3 Å². The molecule has 1 aromatic rings. The van der Waals surface area contributed by atoms with Gasteiger partial charge in [-0.3, -0.25) is 0 Å². The van der Waals surface area contributed by atoms with E-state index in [-0.39, 0.29) is 12.0 Å². The number of methoxy groups -OCH3 is 2. The largest absolute Gasteiger partial charge is 0.496 e. The predicted molar refractivity (Wildman–Crippen MR) is 73.1 cm³/mol. The molecule has 0 aliphatic heterocycles. The Morgan fingerprint density at radius 1 is 1.22 bits per heavy atom. The molecule has 0 radical (unpaired) electrons. The SMILES string of the molecule is COc1ccc(C)cc1CC(O)C(OC)C(C)C. The summed E-state index contributed by atoms with van der Waals surface area (Å²) in [5, 5.41) is 10.3. The Kier molecular flexibility index (Phi) is 5.63. The first kappa shape index (κ1) is 15.0. The fourth-order valence-corrected chi connectivity index (χ4v) is 2.28. The van der Waals surface area contributed by atoms with Crippen LogP contribution in [0.1, 0.15) is 25.0 Å². The summed E-state index contributed by atoms with van der Waals surface area (Å²) in [6, 6.07) is 5.99. The fraction of sp³-hybridized carbons (Fsp3) is 0.600. The average Bonchev–Trinajstić information content (AvgIpc) is 2.29. The summed E-state index contributed by atoms with van der Waals surface area (Å²) in [5.74, 6) is 1.10. The quantitative estimate of drug-likeness (QED) is 0.845. The van der Waals surface area contributed by atoms with Gasteiger partial charge >= 0.3 is 0 Å². The number of ether oxygens (including phenoxy) is 2. The topological polar surface area (TPSA) is 38.7 Å². The van der Waals surface area contributed by atoms with Gasteiger partial charge in [0.2, 0.25) is 0 Å². The monoisotopic (exact) mass is 252 g/mol. The number of aliphatic hydroxyl groups is 1. The van der Waals surface area contributed by atoms with Crippen LogP contribution in [0.3, 0.4) is 0 Å². The summed E-state index contributed by atoms with van der Waals surface area (Å²) < 4.78 is 10.7. The van der Waals surface area contributed by atoms with Crippen LogP contribution in [0.4, 0.5) is 0 Å². The first-order chi connectivity index (χ1) is 8.49. The van der Waals surface area contributed by atoms with Crippen molar-refractivity contribution in [3.63, 3.8) is 0 Å². The molecule has 0 saturated carbocycles. The Morgan fingerprint density at radius 2 is 1.89 bits per heavy atom. The summed E-state index contributed by atoms with van der Waals surface area (Å²) in [5.41, 5.74) is 2.18. The van der Waals surface area contributed by atoms with Crippen LogP contribution in [-0.2, 0) is 11.2 Å². The Labute approximate surface area is 110 Å². The minimum Gasteiger partial charge on any atom is -0.496 e. The molecule has 0 aliphatic rings. The summed E-state index contributed by atoms with van der Waals surface area (Å²) >= 11 is 0. The molecule has 1 rings (SSSR count). The summed E-state index contributed by atoms with van der Waals surface area (Å²) in [6.07, 6.45) is -0.137. The van der Waals surface area contributed by atoms with Crippen molar-refractivity contribution in [1.29, 1.82) is 0 Å². The molecule has 3 nitrogen and oxygen atoms in total. The van der Waals surface area contributed by atoms with E-state index in [0.29, 0.717) is 6.42 Å². The molecule has 0 saturated heterocycles. The van der Waals surface area contributed by atoms with E-state index in [4.69, 9.17) is 9.47 Å². The lowest BCUT2D eigenvalue weighted by molar-refractivity contribution is -0.0369. The van der Waals surface area contributed by atoms with Gasteiger partial charge in [-0.05, 0) is 24.5 Å². The lowest BCUT2D eigenvalue weighted by Crippen LogP contribution is -2.34. The maximum absolute atomic E-state index is 10.3. The molecule has 3 heteroatoms. The van der Waals surface area contributed by atoms with Crippen molar-refractivity contribution in [2.45, 2.75) is 39.4 Å². The van der Waals surface area contributed by atoms with Crippen molar-refractivity contribution in [2.75, 3.05) is 14.2 Å². The molecule has 0 aromatic heterocycles. The maximum atomic E-state index is 10.3. The maximum Gasteiger partial charge on any atom is 0.122 e. The third-order valence-electron chi connectivity index (χ3n) is 3.17. The molecular formula is C15H24O3. The molecule has 2 unspecified atom stereocenters. The number of hydrogen-bond acceptors (Lipinski definition) is 3. The zero-order valence-electron chi connectivity index (χ0n) is 11.9. The van der Waals surface area contributed by atoms with Crippen molar-refractivity contribution in [2.24, 2.45) is 5.92 Å². The van der Waals surface area contributed by atoms with Crippen LogP contribution in [0.5, 0.6) is 5.75 Å². The molecule has 102 valence electrons. The zero-order valence-corrected chi connectivity index (χ0v) is 11.9. The van der Waals surface area contributed by atoms with Gasteiger partial charge in [0.25, 0.3) is 0 Å². The van der Waals surface area contributed by atoms with Crippen molar-refractivity contribution >= 4 is 0 Å². The highest BCUT2D eigenvalue weighted by atomic mass is 16.5. The standard InChI is InChI=1S/C15H24O3/c1-10(2)15(18-5)13(16)9-12-8-11(3)6-7-14(12)17-4/h6-8,10,13,15-16H,9H2,1-5H3. The average molecular weight is 252 g/mol. The van der Waals surface area contributed by atoms with Crippen molar-refractivity contribution in [3.8, 4) is 5.75 Å². The highest BCUT2D eigenvalue weighted by molar-refractivity contribution is 5.37. The van der Waals surface area contributed by atoms with E-state index < -0.39 is 6.10 Å². The second kappa shape index (κ2) is 6.76. The van der Waals surface area contributed by atoms with E-state index >= 15 is 0 Å². The fourth-order valence-electron chi connectivity index (χ4n) is 2.28. The van der Waals surface area contributed by atoms with E-state index in [9.17, 15) is 5.11 Å². The van der Waals surface area contributed by atoms with Crippen molar-refractivity contribution < 1.29 is 14.6 Å². The smallest absolute Gasteiger partial charge is 0.122 e. The molecule has 0 fully saturated rings. The van der Waals surface area contributed by atoms with Gasteiger partial charge in [0.15, 0.2) is 0 Å². The molecule has 1 N–H and O–H groups in total. The van der Waals surface area contributed by atoms with E-state index in [1.54, 1.807) is 14.2 Å². The lowest BCUT2D eigenvalue weighted by Gasteiger charge is -2.25. The van der Waals surface area contributed by atoms with Crippen LogP contribution in [0.2, 0.25) is 0 Å². The Bertz CT molecular complexity index is 374. The number of hydrogen-bond donors (Lipinski definition) is 1. The zero-order chi connectivity index (χ0) is 13.7. The second-order valence-corrected chi connectivity index (χ2v) is 5.03. The first-order valence-corrected chi connectivity index (χ1v) is 6.34. The van der Waals surface area contributed by atoms with Crippen molar-refractivity contribution in [1.82, 2.24) is 0 Å². The molecule has 0 spiro atoms. The van der Waals surface area contributed by atoms with Gasteiger partial charge in [0, 0.05) is 13.5 Å². The van der Waals surface area contributed by atoms with Gasteiger partial charge in [-0.2, -0.15) is 0 Å². The minimum absolute atomic E-state index is 0.157. The highest BCUT2D eigenvalue weighted by Gasteiger charge is 2.23. The van der Waals surface area contributed by atoms with Crippen molar-refractivity contribution in [3.05, 3.63) is 29.3 Å². The highest BCUT2D eigenvalue weighted by Crippen LogP contribution is 2.23. The molecular weight excluding hydrogens is 228 g/mol. The Hall–Kier alpha value is -1.06. The third-order valence-corrected chi connectivity index (χ3v) is 3.17. The van der Waals surface area contributed by atoms with Gasteiger partial charge in [-0.1, -0.05) is 31.5 Å². The Morgan fingerprint density at radius 3 is 2.39 bits per heavy atom. The van der Waals surface area contributed by atoms with Gasteiger partial charge in [-0.25, -0.2) is 0 Å². The molecule has 0 amide bonds. The van der Waals surface area contributed by atoms with Gasteiger partial charge in [0.1, 0.15) is 5.75 Å². The second-order valence-electron chi connectivity index (χ2n) is 5.03. The van der Waals surface area contributed by atoms with Crippen LogP contribution in [0.25, 0.3) is 0 Å². The summed E-state index contributed by atoms with van der Waals surface area (Å²) in [7, 11) is 3.29.